The Bertz CT molecular complexity index is 568. The van der Waals surface area contributed by atoms with Crippen molar-refractivity contribution in [3.05, 3.63) is 23.3 Å². The third kappa shape index (κ3) is 3.61. The maximum absolute atomic E-state index is 12.6. The van der Waals surface area contributed by atoms with Gasteiger partial charge in [-0.3, -0.25) is 4.79 Å². The van der Waals surface area contributed by atoms with E-state index in [1.54, 1.807) is 14.2 Å². The van der Waals surface area contributed by atoms with E-state index >= 15 is 0 Å². The lowest BCUT2D eigenvalue weighted by Crippen LogP contribution is -2.39. The van der Waals surface area contributed by atoms with E-state index in [1.807, 2.05) is 17.0 Å². The van der Waals surface area contributed by atoms with Crippen molar-refractivity contribution >= 4 is 5.91 Å². The zero-order chi connectivity index (χ0) is 16.2. The quantitative estimate of drug-likeness (QED) is 0.922. The third-order valence-electron chi connectivity index (χ3n) is 4.93. The Labute approximate surface area is 137 Å². The molecule has 23 heavy (non-hydrogen) atoms. The van der Waals surface area contributed by atoms with Gasteiger partial charge in [-0.25, -0.2) is 0 Å². The number of hydrogen-bond acceptors (Lipinski definition) is 4. The Kier molecular flexibility index (Phi) is 5.06. The molecule has 1 amide bonds. The first-order valence-electron chi connectivity index (χ1n) is 8.43. The Hall–Kier alpha value is -1.75. The summed E-state index contributed by atoms with van der Waals surface area (Å²) in [6.07, 6.45) is 3.88. The fourth-order valence-corrected chi connectivity index (χ4v) is 3.57. The smallest absolute Gasteiger partial charge is 0.223 e. The molecule has 5 nitrogen and oxygen atoms in total. The van der Waals surface area contributed by atoms with Crippen LogP contribution in [0.25, 0.3) is 0 Å². The Morgan fingerprint density at radius 3 is 2.65 bits per heavy atom. The molecule has 5 heteroatoms. The summed E-state index contributed by atoms with van der Waals surface area (Å²) in [4.78, 5) is 14.6. The lowest BCUT2D eigenvalue weighted by Gasteiger charge is -2.31. The Morgan fingerprint density at radius 1 is 1.26 bits per heavy atom. The van der Waals surface area contributed by atoms with Gasteiger partial charge >= 0.3 is 0 Å². The fraction of sp³-hybridized carbons (Fsp3) is 0.611. The van der Waals surface area contributed by atoms with E-state index in [-0.39, 0.29) is 5.91 Å². The number of fused-ring (bicyclic) bond motifs is 1. The maximum atomic E-state index is 12.6. The summed E-state index contributed by atoms with van der Waals surface area (Å²) >= 11 is 0. The van der Waals surface area contributed by atoms with E-state index in [0.717, 1.165) is 44.0 Å². The number of nitrogens with zero attached hydrogens (tertiary/aromatic N) is 1. The van der Waals surface area contributed by atoms with E-state index in [0.29, 0.717) is 18.9 Å². The van der Waals surface area contributed by atoms with Gasteiger partial charge in [0.2, 0.25) is 5.91 Å². The number of carbonyl (C=O) groups is 1. The highest BCUT2D eigenvalue weighted by molar-refractivity contribution is 5.77. The van der Waals surface area contributed by atoms with Gasteiger partial charge < -0.3 is 19.7 Å². The molecule has 0 radical (unpaired) electrons. The first-order chi connectivity index (χ1) is 11.2. The van der Waals surface area contributed by atoms with Gasteiger partial charge in [-0.05, 0) is 61.5 Å². The lowest BCUT2D eigenvalue weighted by molar-refractivity contribution is -0.133. The first kappa shape index (κ1) is 16.1. The number of methoxy groups -OCH3 is 2. The predicted molar refractivity (Wildman–Crippen MR) is 88.9 cm³/mol. The topological polar surface area (TPSA) is 50.8 Å². The van der Waals surface area contributed by atoms with Crippen molar-refractivity contribution in [2.24, 2.45) is 5.92 Å². The minimum atomic E-state index is 0.277. The van der Waals surface area contributed by atoms with Gasteiger partial charge in [0.05, 0.1) is 14.2 Å². The monoisotopic (exact) mass is 318 g/mol. The van der Waals surface area contributed by atoms with Crippen LogP contribution >= 0.6 is 0 Å². The molecule has 1 unspecified atom stereocenters. The van der Waals surface area contributed by atoms with E-state index in [9.17, 15) is 4.79 Å². The molecule has 0 saturated carbocycles. The highest BCUT2D eigenvalue weighted by Gasteiger charge is 2.25. The van der Waals surface area contributed by atoms with E-state index in [4.69, 9.17) is 9.47 Å². The summed E-state index contributed by atoms with van der Waals surface area (Å²) < 4.78 is 10.7. The molecule has 2 aliphatic heterocycles. The molecule has 3 rings (SSSR count). The standard InChI is InChI=1S/C18H26N2O3/c1-22-16-9-14-5-7-20(12-15(14)10-17(16)23-2)18(21)8-13-4-3-6-19-11-13/h9-10,13,19H,3-8,11-12H2,1-2H3. The molecule has 1 saturated heterocycles. The number of hydrogen-bond donors (Lipinski definition) is 1. The Balaban J connectivity index is 1.68. The number of carbonyl (C=O) groups excluding carboxylic acids is 1. The number of nitrogens with one attached hydrogen (secondary N) is 1. The van der Waals surface area contributed by atoms with Crippen LogP contribution in [0.4, 0.5) is 0 Å². The SMILES string of the molecule is COc1cc2c(cc1OC)CN(C(=O)CC1CCCNC1)CC2. The molecule has 1 atom stereocenters. The van der Waals surface area contributed by atoms with Crippen molar-refractivity contribution in [3.63, 3.8) is 0 Å². The van der Waals surface area contributed by atoms with Crippen molar-refractivity contribution < 1.29 is 14.3 Å². The zero-order valence-electron chi connectivity index (χ0n) is 14.1. The number of amides is 1. The van der Waals surface area contributed by atoms with Gasteiger partial charge in [0, 0.05) is 19.5 Å². The second-order valence-electron chi connectivity index (χ2n) is 6.46. The van der Waals surface area contributed by atoms with Gasteiger partial charge in [0.1, 0.15) is 0 Å². The predicted octanol–water partition coefficient (Wildman–Crippen LogP) is 1.98. The first-order valence-corrected chi connectivity index (χ1v) is 8.43. The molecule has 126 valence electrons. The second kappa shape index (κ2) is 7.21. The van der Waals surface area contributed by atoms with Gasteiger partial charge in [-0.15, -0.1) is 0 Å². The molecule has 2 aliphatic rings. The summed E-state index contributed by atoms with van der Waals surface area (Å²) in [5, 5.41) is 3.39. The largest absolute Gasteiger partial charge is 0.493 e. The molecular formula is C18H26N2O3. The van der Waals surface area contributed by atoms with E-state index in [2.05, 4.69) is 5.32 Å². The summed E-state index contributed by atoms with van der Waals surface area (Å²) in [5.74, 6) is 2.26. The number of piperidine rings is 1. The average molecular weight is 318 g/mol. The van der Waals surface area contributed by atoms with Gasteiger partial charge in [-0.1, -0.05) is 0 Å². The minimum absolute atomic E-state index is 0.277. The van der Waals surface area contributed by atoms with Gasteiger partial charge in [-0.2, -0.15) is 0 Å². The molecule has 0 spiro atoms. The van der Waals surface area contributed by atoms with Crippen LogP contribution in [-0.2, 0) is 17.8 Å². The van der Waals surface area contributed by atoms with Crippen molar-refractivity contribution in [1.29, 1.82) is 0 Å². The van der Waals surface area contributed by atoms with Gasteiger partial charge in [0.15, 0.2) is 11.5 Å². The number of ether oxygens (including phenoxy) is 2. The number of rotatable bonds is 4. The molecule has 1 aromatic carbocycles. The summed E-state index contributed by atoms with van der Waals surface area (Å²) in [6.45, 7) is 3.53. The van der Waals surface area contributed by atoms with Gasteiger partial charge in [0.25, 0.3) is 0 Å². The molecule has 1 fully saturated rings. The molecule has 2 heterocycles. The van der Waals surface area contributed by atoms with Crippen LogP contribution in [0.3, 0.4) is 0 Å². The Morgan fingerprint density at radius 2 is 2.00 bits per heavy atom. The highest BCUT2D eigenvalue weighted by atomic mass is 16.5. The van der Waals surface area contributed by atoms with Crippen LogP contribution in [0.15, 0.2) is 12.1 Å². The third-order valence-corrected chi connectivity index (χ3v) is 4.93. The van der Waals surface area contributed by atoms with Crippen LogP contribution < -0.4 is 14.8 Å². The molecule has 0 aliphatic carbocycles. The second-order valence-corrected chi connectivity index (χ2v) is 6.46. The van der Waals surface area contributed by atoms with Crippen LogP contribution in [0, 0.1) is 5.92 Å². The summed E-state index contributed by atoms with van der Waals surface area (Å²) in [7, 11) is 3.30. The maximum Gasteiger partial charge on any atom is 0.223 e. The average Bonchev–Trinajstić information content (AvgIpc) is 2.60. The van der Waals surface area contributed by atoms with Crippen LogP contribution in [0.1, 0.15) is 30.4 Å². The lowest BCUT2D eigenvalue weighted by atomic mass is 9.94. The minimum Gasteiger partial charge on any atom is -0.493 e. The number of benzene rings is 1. The van der Waals surface area contributed by atoms with Crippen LogP contribution in [0.2, 0.25) is 0 Å². The van der Waals surface area contributed by atoms with E-state index in [1.165, 1.54) is 17.5 Å². The molecule has 1 aromatic rings. The zero-order valence-corrected chi connectivity index (χ0v) is 14.1. The van der Waals surface area contributed by atoms with Crippen molar-refractivity contribution in [2.45, 2.75) is 32.2 Å². The fourth-order valence-electron chi connectivity index (χ4n) is 3.57. The van der Waals surface area contributed by atoms with Crippen molar-refractivity contribution in [3.8, 4) is 11.5 Å². The molecule has 0 bridgehead atoms. The van der Waals surface area contributed by atoms with Crippen LogP contribution in [-0.4, -0.2) is 44.7 Å². The molecule has 1 N–H and O–H groups in total. The van der Waals surface area contributed by atoms with E-state index < -0.39 is 0 Å². The molecule has 0 aromatic heterocycles. The van der Waals surface area contributed by atoms with Crippen LogP contribution in [0.5, 0.6) is 11.5 Å². The molecular weight excluding hydrogens is 292 g/mol. The summed E-state index contributed by atoms with van der Waals surface area (Å²) in [5.41, 5.74) is 2.43. The normalized spacial score (nSPS) is 20.8. The van der Waals surface area contributed by atoms with Crippen molar-refractivity contribution in [2.75, 3.05) is 33.9 Å². The summed E-state index contributed by atoms with van der Waals surface area (Å²) in [6, 6.07) is 4.05. The van der Waals surface area contributed by atoms with Crippen molar-refractivity contribution in [1.82, 2.24) is 10.2 Å². The highest BCUT2D eigenvalue weighted by Crippen LogP contribution is 2.33.